The number of hydrogen-bond donors (Lipinski definition) is 1. The molecular formula is C11H19N3O. The molecule has 1 fully saturated rings. The molecule has 0 spiro atoms. The van der Waals surface area contributed by atoms with Crippen molar-refractivity contribution in [1.82, 2.24) is 15.1 Å². The van der Waals surface area contributed by atoms with Crippen LogP contribution in [0.5, 0.6) is 0 Å². The van der Waals surface area contributed by atoms with E-state index in [1.807, 2.05) is 10.9 Å². The van der Waals surface area contributed by atoms with Crippen LogP contribution in [0, 0.1) is 0 Å². The Morgan fingerprint density at radius 1 is 1.67 bits per heavy atom. The van der Waals surface area contributed by atoms with Crippen molar-refractivity contribution < 1.29 is 4.74 Å². The summed E-state index contributed by atoms with van der Waals surface area (Å²) in [4.78, 5) is 0. The summed E-state index contributed by atoms with van der Waals surface area (Å²) in [5.74, 6) is 0. The maximum atomic E-state index is 5.10. The van der Waals surface area contributed by atoms with Crippen LogP contribution in [-0.2, 0) is 11.3 Å². The average molecular weight is 209 g/mol. The SMILES string of the molecule is COCC(C)n1ccc(CNC2CC2)n1. The third-order valence-corrected chi connectivity index (χ3v) is 2.67. The maximum absolute atomic E-state index is 5.10. The van der Waals surface area contributed by atoms with Crippen LogP contribution in [0.15, 0.2) is 12.3 Å². The monoisotopic (exact) mass is 209 g/mol. The minimum Gasteiger partial charge on any atom is -0.382 e. The zero-order chi connectivity index (χ0) is 10.7. The van der Waals surface area contributed by atoms with Gasteiger partial charge in [-0.3, -0.25) is 4.68 Å². The standard InChI is InChI=1S/C11H19N3O/c1-9(8-15-2)14-6-5-11(13-14)7-12-10-3-4-10/h5-6,9-10,12H,3-4,7-8H2,1-2H3. The van der Waals surface area contributed by atoms with E-state index in [-0.39, 0.29) is 0 Å². The fourth-order valence-corrected chi connectivity index (χ4v) is 1.57. The molecule has 2 rings (SSSR count). The largest absolute Gasteiger partial charge is 0.382 e. The summed E-state index contributed by atoms with van der Waals surface area (Å²) in [6.45, 7) is 3.70. The molecule has 0 aliphatic heterocycles. The third-order valence-electron chi connectivity index (χ3n) is 2.67. The van der Waals surface area contributed by atoms with Gasteiger partial charge in [0, 0.05) is 25.9 Å². The number of rotatable bonds is 6. The van der Waals surface area contributed by atoms with Gasteiger partial charge < -0.3 is 10.1 Å². The van der Waals surface area contributed by atoms with E-state index < -0.39 is 0 Å². The van der Waals surface area contributed by atoms with Crippen LogP contribution in [-0.4, -0.2) is 29.5 Å². The molecule has 84 valence electrons. The lowest BCUT2D eigenvalue weighted by Crippen LogP contribution is -2.17. The van der Waals surface area contributed by atoms with Crippen LogP contribution in [0.2, 0.25) is 0 Å². The van der Waals surface area contributed by atoms with E-state index in [0.717, 1.165) is 18.3 Å². The van der Waals surface area contributed by atoms with Gasteiger partial charge in [-0.1, -0.05) is 0 Å². The molecule has 0 bridgehead atoms. The lowest BCUT2D eigenvalue weighted by molar-refractivity contribution is 0.156. The van der Waals surface area contributed by atoms with Gasteiger partial charge in [0.15, 0.2) is 0 Å². The summed E-state index contributed by atoms with van der Waals surface area (Å²) < 4.78 is 7.06. The molecule has 4 heteroatoms. The van der Waals surface area contributed by atoms with Gasteiger partial charge in [0.2, 0.25) is 0 Å². The Kier molecular flexibility index (Phi) is 3.38. The van der Waals surface area contributed by atoms with Crippen molar-refractivity contribution in [3.63, 3.8) is 0 Å². The zero-order valence-corrected chi connectivity index (χ0v) is 9.44. The Morgan fingerprint density at radius 3 is 3.13 bits per heavy atom. The molecule has 4 nitrogen and oxygen atoms in total. The summed E-state index contributed by atoms with van der Waals surface area (Å²) in [6.07, 6.45) is 4.66. The molecule has 1 atom stereocenters. The Hall–Kier alpha value is -0.870. The van der Waals surface area contributed by atoms with Crippen LogP contribution in [0.1, 0.15) is 31.5 Å². The van der Waals surface area contributed by atoms with Gasteiger partial charge >= 0.3 is 0 Å². The second-order valence-electron chi connectivity index (χ2n) is 4.25. The normalized spacial score (nSPS) is 18.0. The highest BCUT2D eigenvalue weighted by molar-refractivity contribution is 5.00. The summed E-state index contributed by atoms with van der Waals surface area (Å²) in [6, 6.07) is 3.12. The fourth-order valence-electron chi connectivity index (χ4n) is 1.57. The van der Waals surface area contributed by atoms with E-state index >= 15 is 0 Å². The molecule has 0 radical (unpaired) electrons. The molecule has 1 aliphatic carbocycles. The molecule has 1 unspecified atom stereocenters. The molecule has 0 aromatic carbocycles. The first-order valence-corrected chi connectivity index (χ1v) is 5.56. The Morgan fingerprint density at radius 2 is 2.47 bits per heavy atom. The lowest BCUT2D eigenvalue weighted by Gasteiger charge is -2.10. The predicted octanol–water partition coefficient (Wildman–Crippen LogP) is 1.34. The van der Waals surface area contributed by atoms with Crippen molar-refractivity contribution in [3.05, 3.63) is 18.0 Å². The molecule has 1 N–H and O–H groups in total. The minimum atomic E-state index is 0.310. The smallest absolute Gasteiger partial charge is 0.0762 e. The van der Waals surface area contributed by atoms with Crippen LogP contribution in [0.3, 0.4) is 0 Å². The van der Waals surface area contributed by atoms with Crippen molar-refractivity contribution in [1.29, 1.82) is 0 Å². The molecular weight excluding hydrogens is 190 g/mol. The third kappa shape index (κ3) is 3.04. The van der Waals surface area contributed by atoms with Gasteiger partial charge in [-0.15, -0.1) is 0 Å². The number of nitrogens with zero attached hydrogens (tertiary/aromatic N) is 2. The molecule has 0 amide bonds. The van der Waals surface area contributed by atoms with Gasteiger partial charge in [0.05, 0.1) is 18.3 Å². The lowest BCUT2D eigenvalue weighted by atomic mass is 10.4. The van der Waals surface area contributed by atoms with Crippen LogP contribution < -0.4 is 5.32 Å². The Balaban J connectivity index is 1.84. The number of hydrogen-bond acceptors (Lipinski definition) is 3. The highest BCUT2D eigenvalue weighted by atomic mass is 16.5. The topological polar surface area (TPSA) is 39.1 Å². The fraction of sp³-hybridized carbons (Fsp3) is 0.727. The number of nitrogens with one attached hydrogen (secondary N) is 1. The Bertz CT molecular complexity index is 307. The van der Waals surface area contributed by atoms with Crippen molar-refractivity contribution in [2.75, 3.05) is 13.7 Å². The van der Waals surface area contributed by atoms with E-state index in [0.29, 0.717) is 12.6 Å². The average Bonchev–Trinajstić information content (AvgIpc) is 2.93. The van der Waals surface area contributed by atoms with Crippen molar-refractivity contribution in [2.45, 2.75) is 38.4 Å². The zero-order valence-electron chi connectivity index (χ0n) is 9.44. The highest BCUT2D eigenvalue weighted by Crippen LogP contribution is 2.19. The highest BCUT2D eigenvalue weighted by Gasteiger charge is 2.20. The molecule has 15 heavy (non-hydrogen) atoms. The second kappa shape index (κ2) is 4.77. The number of ether oxygens (including phenoxy) is 1. The molecule has 1 saturated carbocycles. The van der Waals surface area contributed by atoms with Crippen LogP contribution in [0.25, 0.3) is 0 Å². The summed E-state index contributed by atoms with van der Waals surface area (Å²) >= 11 is 0. The maximum Gasteiger partial charge on any atom is 0.0762 e. The summed E-state index contributed by atoms with van der Waals surface area (Å²) in [5.41, 5.74) is 1.12. The Labute approximate surface area is 90.6 Å². The second-order valence-corrected chi connectivity index (χ2v) is 4.25. The summed E-state index contributed by atoms with van der Waals surface area (Å²) in [7, 11) is 1.72. The molecule has 1 aliphatic rings. The first kappa shape index (κ1) is 10.6. The van der Waals surface area contributed by atoms with Crippen LogP contribution >= 0.6 is 0 Å². The van der Waals surface area contributed by atoms with Gasteiger partial charge in [-0.25, -0.2) is 0 Å². The van der Waals surface area contributed by atoms with Gasteiger partial charge in [-0.05, 0) is 25.8 Å². The van der Waals surface area contributed by atoms with Crippen molar-refractivity contribution >= 4 is 0 Å². The summed E-state index contributed by atoms with van der Waals surface area (Å²) in [5, 5.41) is 7.95. The van der Waals surface area contributed by atoms with Crippen LogP contribution in [0.4, 0.5) is 0 Å². The first-order valence-electron chi connectivity index (χ1n) is 5.56. The molecule has 1 aromatic rings. The van der Waals surface area contributed by atoms with E-state index in [1.54, 1.807) is 7.11 Å². The van der Waals surface area contributed by atoms with Gasteiger partial charge in [-0.2, -0.15) is 5.10 Å². The predicted molar refractivity (Wildman–Crippen MR) is 58.7 cm³/mol. The number of methoxy groups -OCH3 is 1. The quantitative estimate of drug-likeness (QED) is 0.768. The molecule has 0 saturated heterocycles. The van der Waals surface area contributed by atoms with E-state index in [4.69, 9.17) is 4.74 Å². The molecule has 1 aromatic heterocycles. The van der Waals surface area contributed by atoms with Gasteiger partial charge in [0.1, 0.15) is 0 Å². The van der Waals surface area contributed by atoms with Gasteiger partial charge in [0.25, 0.3) is 0 Å². The first-order chi connectivity index (χ1) is 7.29. The van der Waals surface area contributed by atoms with E-state index in [1.165, 1.54) is 12.8 Å². The van der Waals surface area contributed by atoms with E-state index in [2.05, 4.69) is 23.4 Å². The minimum absolute atomic E-state index is 0.310. The van der Waals surface area contributed by atoms with E-state index in [9.17, 15) is 0 Å². The molecule has 1 heterocycles. The van der Waals surface area contributed by atoms with Crippen molar-refractivity contribution in [2.24, 2.45) is 0 Å². The van der Waals surface area contributed by atoms with Crippen molar-refractivity contribution in [3.8, 4) is 0 Å². The number of aromatic nitrogens is 2.